The van der Waals surface area contributed by atoms with Crippen LogP contribution < -0.4 is 11.5 Å². The number of nitrogens with one attached hydrogen (secondary N) is 1. The number of hydrogen-bond acceptors (Lipinski definition) is 8. The second kappa shape index (κ2) is 15.8. The van der Waals surface area contributed by atoms with Gasteiger partial charge < -0.3 is 21.7 Å². The van der Waals surface area contributed by atoms with Crippen molar-refractivity contribution in [3.8, 4) is 0 Å². The lowest BCUT2D eigenvalue weighted by Crippen LogP contribution is -2.30. The largest absolute Gasteiger partial charge is 0.480 e. The van der Waals surface area contributed by atoms with Crippen molar-refractivity contribution in [2.75, 3.05) is 24.0 Å². The molecule has 0 aliphatic heterocycles. The molecule has 0 aliphatic rings. The summed E-state index contributed by atoms with van der Waals surface area (Å²) in [7, 11) is 0. The Morgan fingerprint density at radius 3 is 1.52 bits per heavy atom. The number of carbonyl (C=O) groups is 2. The first-order chi connectivity index (χ1) is 9.86. The van der Waals surface area contributed by atoms with E-state index in [9.17, 15) is 9.59 Å². The molecule has 0 saturated heterocycles. The van der Waals surface area contributed by atoms with E-state index in [1.54, 1.807) is 23.5 Å². The average Bonchev–Trinajstić information content (AvgIpc) is 3.30. The van der Waals surface area contributed by atoms with Gasteiger partial charge in [-0.15, -0.1) is 4.55 Å². The molecule has 0 aromatic carbocycles. The molecule has 126 valence electrons. The molecule has 1 heterocycles. The summed E-state index contributed by atoms with van der Waals surface area (Å²) in [5.41, 5.74) is 10.4. The molecule has 0 unspecified atom stereocenters. The number of nitrogens with two attached hydrogens (primary N) is 2. The Morgan fingerprint density at radius 1 is 1.10 bits per heavy atom. The first kappa shape index (κ1) is 22.7. The average molecular weight is 362 g/mol. The minimum Gasteiger partial charge on any atom is -0.480 e. The van der Waals surface area contributed by atoms with Crippen molar-refractivity contribution in [2.45, 2.75) is 24.9 Å². The monoisotopic (exact) mass is 361 g/mol. The maximum atomic E-state index is 10.1. The first-order valence-corrected chi connectivity index (χ1v) is 9.41. The van der Waals surface area contributed by atoms with Gasteiger partial charge in [-0.2, -0.15) is 23.5 Å². The lowest BCUT2D eigenvalue weighted by Gasteiger charge is -2.02. The zero-order chi connectivity index (χ0) is 16.7. The van der Waals surface area contributed by atoms with Gasteiger partial charge in [0, 0.05) is 0 Å². The molecule has 1 aromatic heterocycles. The molecule has 0 saturated carbocycles. The molecular weight excluding hydrogens is 338 g/mol. The molecule has 11 heteroatoms. The summed E-state index contributed by atoms with van der Waals surface area (Å²) in [6, 6.07) is -1.37. The summed E-state index contributed by atoms with van der Waals surface area (Å²) in [5, 5.41) is 16.5. The van der Waals surface area contributed by atoms with Crippen molar-refractivity contribution in [3.63, 3.8) is 0 Å². The van der Waals surface area contributed by atoms with Crippen LogP contribution in [0.4, 0.5) is 0 Å². The van der Waals surface area contributed by atoms with E-state index in [1.807, 2.05) is 12.5 Å². The Bertz CT molecular complexity index is 306. The fraction of sp³-hybridized carbons (Fsp3) is 0.800. The van der Waals surface area contributed by atoms with Crippen molar-refractivity contribution in [2.24, 2.45) is 11.5 Å². The van der Waals surface area contributed by atoms with Crippen LogP contribution in [0.1, 0.15) is 12.8 Å². The molecule has 2 atom stereocenters. The topological polar surface area (TPSA) is 156 Å². The number of H-pyrrole nitrogens is 1. The van der Waals surface area contributed by atoms with Gasteiger partial charge in [-0.3, -0.25) is 13.5 Å². The molecule has 8 nitrogen and oxygen atoms in total. The van der Waals surface area contributed by atoms with Gasteiger partial charge in [-0.25, -0.2) is 0 Å². The molecular formula is C10H23N3O5S3. The highest BCUT2D eigenvalue weighted by atomic mass is 32.2. The normalized spacial score (nSPS) is 12.4. The third-order valence-electron chi connectivity index (χ3n) is 1.98. The maximum absolute atomic E-state index is 10.1. The van der Waals surface area contributed by atoms with E-state index in [0.717, 1.165) is 11.5 Å². The summed E-state index contributed by atoms with van der Waals surface area (Å²) in [5.74, 6) is -0.200. The lowest BCUT2D eigenvalue weighted by atomic mass is 10.2. The Kier molecular flexibility index (Phi) is 17.0. The van der Waals surface area contributed by atoms with E-state index in [1.165, 1.54) is 11.8 Å². The molecule has 0 fully saturated rings. The number of thioether (sulfide) groups is 2. The van der Waals surface area contributed by atoms with Gasteiger partial charge in [0.1, 0.15) is 12.1 Å². The fourth-order valence-corrected chi connectivity index (χ4v) is 1.72. The van der Waals surface area contributed by atoms with Crippen LogP contribution in [0.25, 0.3) is 0 Å². The van der Waals surface area contributed by atoms with E-state index in [0.29, 0.717) is 12.8 Å². The quantitative estimate of drug-likeness (QED) is 0.455. The number of rotatable bonds is 8. The molecule has 0 amide bonds. The van der Waals surface area contributed by atoms with Gasteiger partial charge in [0.25, 0.3) is 0 Å². The molecule has 0 radical (unpaired) electrons. The molecule has 1 aromatic rings. The number of carboxylic acids is 2. The zero-order valence-corrected chi connectivity index (χ0v) is 14.4. The summed E-state index contributed by atoms with van der Waals surface area (Å²) in [4.78, 5) is 20.1. The highest BCUT2D eigenvalue weighted by Gasteiger charge is 2.09. The highest BCUT2D eigenvalue weighted by Crippen LogP contribution is 1.98. The van der Waals surface area contributed by atoms with Crippen molar-refractivity contribution >= 4 is 47.3 Å². The Labute approximate surface area is 136 Å². The minimum atomic E-state index is -0.913. The van der Waals surface area contributed by atoms with Crippen molar-refractivity contribution in [1.29, 1.82) is 0 Å². The number of hydrogen-bond donors (Lipinski definition) is 5. The summed E-state index contributed by atoms with van der Waals surface area (Å²) in [6.45, 7) is 0. The molecule has 1 rings (SSSR count). The van der Waals surface area contributed by atoms with Crippen molar-refractivity contribution in [1.82, 2.24) is 4.55 Å². The highest BCUT2D eigenvalue weighted by molar-refractivity contribution is 7.98. The fourth-order valence-electron chi connectivity index (χ4n) is 0.737. The molecule has 0 spiro atoms. The van der Waals surface area contributed by atoms with Crippen LogP contribution in [0.3, 0.4) is 0 Å². The molecule has 7 N–H and O–H groups in total. The van der Waals surface area contributed by atoms with Crippen LogP contribution in [0, 0.1) is 0 Å². The van der Waals surface area contributed by atoms with E-state index in [-0.39, 0.29) is 0 Å². The van der Waals surface area contributed by atoms with Gasteiger partial charge in [0.2, 0.25) is 0 Å². The lowest BCUT2D eigenvalue weighted by molar-refractivity contribution is -0.139. The van der Waals surface area contributed by atoms with Crippen LogP contribution in [-0.4, -0.2) is 62.8 Å². The Morgan fingerprint density at radius 2 is 1.38 bits per heavy atom. The van der Waals surface area contributed by atoms with Gasteiger partial charge in [-0.1, -0.05) is 0 Å². The van der Waals surface area contributed by atoms with Crippen molar-refractivity contribution < 1.29 is 23.8 Å². The predicted octanol–water partition coefficient (Wildman–Crippen LogP) is 0.972. The predicted molar refractivity (Wildman–Crippen MR) is 88.2 cm³/mol. The standard InChI is InChI=1S/2C5H11NO2S.HNOS/c2*1-9-3-2-4(6)5(7)8;1-2-3-1/h2*4H,2-3,6H2,1H3,(H,7,8);1H/t2*4-;/m00./s1. The maximum Gasteiger partial charge on any atom is 0.320 e. The minimum absolute atomic E-state index is 0.552. The summed E-state index contributed by atoms with van der Waals surface area (Å²) in [6.07, 6.45) is 4.95. The SMILES string of the molecule is CSCC[C@H](N)C(=O)O.CSCC[C@H](N)C(=O)O.[nH]1os1. The number of aromatic nitrogens is 1. The summed E-state index contributed by atoms with van der Waals surface area (Å²) >= 11 is 4.46. The number of aliphatic carboxylic acids is 2. The van der Waals surface area contributed by atoms with Crippen LogP contribution >= 0.6 is 35.4 Å². The Hall–Kier alpha value is -0.620. The van der Waals surface area contributed by atoms with Gasteiger partial charge in [-0.05, 0) is 36.9 Å². The third kappa shape index (κ3) is 21.8. The number of aromatic amines is 1. The van der Waals surface area contributed by atoms with E-state index in [2.05, 4.69) is 8.50 Å². The van der Waals surface area contributed by atoms with Crippen LogP contribution in [0.2, 0.25) is 0 Å². The number of carboxylic acid groups (broad SMARTS) is 2. The smallest absolute Gasteiger partial charge is 0.320 e. The van der Waals surface area contributed by atoms with Crippen LogP contribution in [0.5, 0.6) is 0 Å². The summed E-state index contributed by atoms with van der Waals surface area (Å²) < 4.78 is 6.58. The third-order valence-corrected chi connectivity index (χ3v) is 3.44. The molecule has 0 aliphatic carbocycles. The second-order valence-corrected chi connectivity index (χ2v) is 6.17. The molecule has 21 heavy (non-hydrogen) atoms. The van der Waals surface area contributed by atoms with Gasteiger partial charge in [0.05, 0.1) is 0 Å². The molecule has 0 bridgehead atoms. The van der Waals surface area contributed by atoms with Gasteiger partial charge >= 0.3 is 11.9 Å². The van der Waals surface area contributed by atoms with Crippen molar-refractivity contribution in [3.05, 3.63) is 0 Å². The van der Waals surface area contributed by atoms with E-state index < -0.39 is 24.0 Å². The second-order valence-electron chi connectivity index (χ2n) is 3.70. The van der Waals surface area contributed by atoms with E-state index >= 15 is 0 Å². The van der Waals surface area contributed by atoms with Gasteiger partial charge in [0.15, 0.2) is 11.8 Å². The Balaban J connectivity index is 0. The van der Waals surface area contributed by atoms with Crippen LogP contribution in [-0.2, 0) is 9.59 Å². The first-order valence-electron chi connectivity index (χ1n) is 5.88. The van der Waals surface area contributed by atoms with Crippen LogP contribution in [0.15, 0.2) is 3.96 Å². The zero-order valence-electron chi connectivity index (χ0n) is 12.0. The van der Waals surface area contributed by atoms with E-state index in [4.69, 9.17) is 21.7 Å².